The summed E-state index contributed by atoms with van der Waals surface area (Å²) >= 11 is 5.39. The van der Waals surface area contributed by atoms with Gasteiger partial charge in [-0.25, -0.2) is 0 Å². The monoisotopic (exact) mass is 338 g/mol. The molecule has 2 aromatic rings. The van der Waals surface area contributed by atoms with Crippen LogP contribution in [0.15, 0.2) is 39.6 Å². The van der Waals surface area contributed by atoms with Gasteiger partial charge in [-0.2, -0.15) is 11.3 Å². The Labute approximate surface area is 127 Å². The highest BCUT2D eigenvalue weighted by Crippen LogP contribution is 2.29. The minimum absolute atomic E-state index is 0.405. The van der Waals surface area contributed by atoms with Gasteiger partial charge in [-0.15, -0.1) is 0 Å². The zero-order valence-electron chi connectivity index (χ0n) is 11.1. The number of hydrogen-bond donors (Lipinski definition) is 1. The maximum Gasteiger partial charge on any atom is 0.0404 e. The minimum Gasteiger partial charge on any atom is -0.310 e. The molecule has 0 aromatic carbocycles. The Kier molecular flexibility index (Phi) is 6.01. The van der Waals surface area contributed by atoms with Gasteiger partial charge in [0.25, 0.3) is 0 Å². The summed E-state index contributed by atoms with van der Waals surface area (Å²) in [7, 11) is 0. The first-order chi connectivity index (χ1) is 9.31. The van der Waals surface area contributed by atoms with E-state index in [2.05, 4.69) is 56.0 Å². The standard InChI is InChI=1S/C15H19BrN2S/c1-2-8-18-15(13-10-19-11-14(13)16)7-6-12-5-3-4-9-17-12/h3-5,9-11,15,18H,2,6-8H2,1H3. The van der Waals surface area contributed by atoms with Crippen molar-refractivity contribution >= 4 is 27.3 Å². The lowest BCUT2D eigenvalue weighted by molar-refractivity contribution is 0.497. The van der Waals surface area contributed by atoms with Crippen LogP contribution in [0, 0.1) is 0 Å². The lowest BCUT2D eigenvalue weighted by atomic mass is 10.0. The molecule has 0 saturated heterocycles. The van der Waals surface area contributed by atoms with Gasteiger partial charge < -0.3 is 5.32 Å². The summed E-state index contributed by atoms with van der Waals surface area (Å²) in [6.07, 6.45) is 5.10. The molecule has 19 heavy (non-hydrogen) atoms. The number of thiophene rings is 1. The molecule has 1 unspecified atom stereocenters. The van der Waals surface area contributed by atoms with E-state index in [1.54, 1.807) is 11.3 Å². The third-order valence-corrected chi connectivity index (χ3v) is 4.83. The van der Waals surface area contributed by atoms with Crippen molar-refractivity contribution in [1.29, 1.82) is 0 Å². The van der Waals surface area contributed by atoms with Gasteiger partial charge in [0.1, 0.15) is 0 Å². The predicted molar refractivity (Wildman–Crippen MR) is 85.6 cm³/mol. The number of halogens is 1. The van der Waals surface area contributed by atoms with Crippen molar-refractivity contribution in [3.8, 4) is 0 Å². The number of pyridine rings is 1. The van der Waals surface area contributed by atoms with Gasteiger partial charge in [0, 0.05) is 27.8 Å². The van der Waals surface area contributed by atoms with Crippen molar-refractivity contribution in [1.82, 2.24) is 10.3 Å². The van der Waals surface area contributed by atoms with Gasteiger partial charge in [-0.3, -0.25) is 4.98 Å². The van der Waals surface area contributed by atoms with Gasteiger partial charge in [-0.05, 0) is 64.8 Å². The second-order valence-corrected chi connectivity index (χ2v) is 6.14. The zero-order valence-corrected chi connectivity index (χ0v) is 13.5. The van der Waals surface area contributed by atoms with E-state index >= 15 is 0 Å². The van der Waals surface area contributed by atoms with Crippen LogP contribution in [-0.4, -0.2) is 11.5 Å². The van der Waals surface area contributed by atoms with Crippen molar-refractivity contribution in [2.24, 2.45) is 0 Å². The van der Waals surface area contributed by atoms with E-state index in [1.165, 1.54) is 10.0 Å². The molecular formula is C15H19BrN2S. The molecule has 0 aliphatic carbocycles. The molecule has 2 nitrogen and oxygen atoms in total. The van der Waals surface area contributed by atoms with E-state index in [0.717, 1.165) is 31.5 Å². The Morgan fingerprint density at radius 1 is 1.37 bits per heavy atom. The van der Waals surface area contributed by atoms with Crippen LogP contribution in [-0.2, 0) is 6.42 Å². The Morgan fingerprint density at radius 3 is 2.89 bits per heavy atom. The summed E-state index contributed by atoms with van der Waals surface area (Å²) in [6, 6.07) is 6.52. The Hall–Kier alpha value is -0.710. The van der Waals surface area contributed by atoms with Crippen LogP contribution in [0.3, 0.4) is 0 Å². The molecule has 0 radical (unpaired) electrons. The molecule has 2 rings (SSSR count). The van der Waals surface area contributed by atoms with Crippen molar-refractivity contribution < 1.29 is 0 Å². The Balaban J connectivity index is 2.00. The molecule has 1 N–H and O–H groups in total. The summed E-state index contributed by atoms with van der Waals surface area (Å²) in [4.78, 5) is 4.40. The molecule has 0 saturated carbocycles. The number of rotatable bonds is 7. The Morgan fingerprint density at radius 2 is 2.26 bits per heavy atom. The van der Waals surface area contributed by atoms with Crippen LogP contribution in [0.4, 0.5) is 0 Å². The molecule has 0 spiro atoms. The van der Waals surface area contributed by atoms with Crippen LogP contribution in [0.1, 0.15) is 37.1 Å². The molecule has 0 fully saturated rings. The number of aryl methyl sites for hydroxylation is 1. The van der Waals surface area contributed by atoms with Crippen LogP contribution >= 0.6 is 27.3 Å². The smallest absolute Gasteiger partial charge is 0.0404 e. The van der Waals surface area contributed by atoms with Crippen molar-refractivity contribution in [3.05, 3.63) is 50.9 Å². The molecule has 0 aliphatic rings. The van der Waals surface area contributed by atoms with Gasteiger partial charge in [-0.1, -0.05) is 13.0 Å². The molecule has 0 aliphatic heterocycles. The van der Waals surface area contributed by atoms with E-state index in [0.29, 0.717) is 6.04 Å². The summed E-state index contributed by atoms with van der Waals surface area (Å²) in [5, 5.41) is 8.01. The number of nitrogens with one attached hydrogen (secondary N) is 1. The van der Waals surface area contributed by atoms with Crippen LogP contribution < -0.4 is 5.32 Å². The molecule has 4 heteroatoms. The summed E-state index contributed by atoms with van der Waals surface area (Å²) in [5.41, 5.74) is 2.53. The molecule has 2 aromatic heterocycles. The zero-order chi connectivity index (χ0) is 13.5. The second kappa shape index (κ2) is 7.78. The van der Waals surface area contributed by atoms with Gasteiger partial charge >= 0.3 is 0 Å². The molecular weight excluding hydrogens is 320 g/mol. The topological polar surface area (TPSA) is 24.9 Å². The van der Waals surface area contributed by atoms with Crippen molar-refractivity contribution in [3.63, 3.8) is 0 Å². The van der Waals surface area contributed by atoms with Crippen LogP contribution in [0.5, 0.6) is 0 Å². The number of aromatic nitrogens is 1. The third-order valence-electron chi connectivity index (χ3n) is 3.07. The third kappa shape index (κ3) is 4.41. The molecule has 0 amide bonds. The first-order valence-corrected chi connectivity index (χ1v) is 8.39. The van der Waals surface area contributed by atoms with Crippen molar-refractivity contribution in [2.45, 2.75) is 32.2 Å². The number of hydrogen-bond acceptors (Lipinski definition) is 3. The summed E-state index contributed by atoms with van der Waals surface area (Å²) in [6.45, 7) is 3.25. The maximum absolute atomic E-state index is 4.40. The average Bonchev–Trinajstić information content (AvgIpc) is 2.86. The molecule has 102 valence electrons. The van der Waals surface area contributed by atoms with E-state index in [1.807, 2.05) is 12.3 Å². The van der Waals surface area contributed by atoms with Gasteiger partial charge in [0.15, 0.2) is 0 Å². The fraction of sp³-hybridized carbons (Fsp3) is 0.400. The Bertz CT molecular complexity index is 484. The first kappa shape index (κ1) is 14.7. The summed E-state index contributed by atoms with van der Waals surface area (Å²) < 4.78 is 1.21. The minimum atomic E-state index is 0.405. The lowest BCUT2D eigenvalue weighted by Crippen LogP contribution is -2.22. The van der Waals surface area contributed by atoms with Crippen LogP contribution in [0.25, 0.3) is 0 Å². The maximum atomic E-state index is 4.40. The normalized spacial score (nSPS) is 12.5. The largest absolute Gasteiger partial charge is 0.310 e. The van der Waals surface area contributed by atoms with E-state index in [-0.39, 0.29) is 0 Å². The number of nitrogens with zero attached hydrogens (tertiary/aromatic N) is 1. The van der Waals surface area contributed by atoms with Gasteiger partial charge in [0.05, 0.1) is 0 Å². The highest BCUT2D eigenvalue weighted by atomic mass is 79.9. The highest BCUT2D eigenvalue weighted by Gasteiger charge is 2.14. The summed E-state index contributed by atoms with van der Waals surface area (Å²) in [5.74, 6) is 0. The second-order valence-electron chi connectivity index (χ2n) is 4.54. The van der Waals surface area contributed by atoms with E-state index in [9.17, 15) is 0 Å². The average molecular weight is 339 g/mol. The molecule has 1 atom stereocenters. The van der Waals surface area contributed by atoms with E-state index in [4.69, 9.17) is 0 Å². The van der Waals surface area contributed by atoms with Crippen LogP contribution in [0.2, 0.25) is 0 Å². The molecule has 2 heterocycles. The van der Waals surface area contributed by atoms with Gasteiger partial charge in [0.2, 0.25) is 0 Å². The first-order valence-electron chi connectivity index (χ1n) is 6.66. The lowest BCUT2D eigenvalue weighted by Gasteiger charge is -2.18. The SMILES string of the molecule is CCCNC(CCc1ccccn1)c1cscc1Br. The quantitative estimate of drug-likeness (QED) is 0.799. The highest BCUT2D eigenvalue weighted by molar-refractivity contribution is 9.10. The fourth-order valence-electron chi connectivity index (χ4n) is 2.06. The fourth-order valence-corrected chi connectivity index (χ4v) is 3.69. The van der Waals surface area contributed by atoms with Crippen molar-refractivity contribution in [2.75, 3.05) is 6.54 Å². The van der Waals surface area contributed by atoms with E-state index < -0.39 is 0 Å². The predicted octanol–water partition coefficient (Wildman–Crippen LogP) is 4.58. The molecule has 0 bridgehead atoms.